The van der Waals surface area contributed by atoms with Crippen molar-refractivity contribution in [2.45, 2.75) is 18.0 Å². The number of ether oxygens (including phenoxy) is 2. The first kappa shape index (κ1) is 18.7. The number of carbonyl (C=O) groups is 2. The summed E-state index contributed by atoms with van der Waals surface area (Å²) in [5, 5.41) is 0. The molecule has 1 aromatic carbocycles. The zero-order valence-corrected chi connectivity index (χ0v) is 11.1. The van der Waals surface area contributed by atoms with Gasteiger partial charge in [-0.15, -0.1) is 0 Å². The van der Waals surface area contributed by atoms with Crippen LogP contribution in [0.15, 0.2) is 24.3 Å². The number of rotatable bonds is 4. The third kappa shape index (κ3) is 3.54. The molecule has 0 N–H and O–H groups in total. The summed E-state index contributed by atoms with van der Waals surface area (Å²) in [6, 6.07) is 4.32. The van der Waals surface area contributed by atoms with E-state index >= 15 is 0 Å². The molecule has 0 spiro atoms. The second kappa shape index (κ2) is 6.05. The highest BCUT2D eigenvalue weighted by Gasteiger charge is 2.77. The zero-order valence-electron chi connectivity index (χ0n) is 11.1. The van der Waals surface area contributed by atoms with Crippen molar-refractivity contribution in [1.29, 1.82) is 0 Å². The predicted molar refractivity (Wildman–Crippen MR) is 59.4 cm³/mol. The van der Waals surface area contributed by atoms with E-state index in [0.717, 1.165) is 12.1 Å². The van der Waals surface area contributed by atoms with Gasteiger partial charge < -0.3 is 9.47 Å². The molecular weight excluding hydrogens is 341 g/mol. The fourth-order valence-corrected chi connectivity index (χ4v) is 1.26. The van der Waals surface area contributed by atoms with E-state index in [1.165, 1.54) is 19.2 Å². The monoisotopic (exact) mass is 348 g/mol. The molecule has 0 atom stereocenters. The van der Waals surface area contributed by atoms with Crippen LogP contribution >= 0.6 is 0 Å². The van der Waals surface area contributed by atoms with Crippen LogP contribution < -0.4 is 4.74 Å². The summed E-state index contributed by atoms with van der Waals surface area (Å²) in [6.45, 7) is 0. The molecule has 128 valence electrons. The Morgan fingerprint density at radius 1 is 1.00 bits per heavy atom. The summed E-state index contributed by atoms with van der Waals surface area (Å²) in [6.07, 6.45) is -6.71. The second-order valence-corrected chi connectivity index (χ2v) is 4.06. The maximum atomic E-state index is 13.0. The van der Waals surface area contributed by atoms with Gasteiger partial charge >= 0.3 is 30.0 Å². The van der Waals surface area contributed by atoms with Gasteiger partial charge in [-0.25, -0.2) is 9.59 Å². The Bertz CT molecular complexity index is 610. The van der Waals surface area contributed by atoms with Crippen LogP contribution in [0.25, 0.3) is 0 Å². The van der Waals surface area contributed by atoms with Crippen LogP contribution in [-0.4, -0.2) is 37.1 Å². The summed E-state index contributed by atoms with van der Waals surface area (Å²) in [4.78, 5) is 22.3. The molecule has 1 rings (SSSR count). The highest BCUT2D eigenvalue weighted by Crippen LogP contribution is 2.47. The van der Waals surface area contributed by atoms with Crippen molar-refractivity contribution >= 4 is 11.9 Å². The molecule has 0 aromatic heterocycles. The van der Waals surface area contributed by atoms with E-state index in [1.807, 2.05) is 0 Å². The third-order valence-corrected chi connectivity index (χ3v) is 2.50. The van der Waals surface area contributed by atoms with Gasteiger partial charge in [0.05, 0.1) is 12.7 Å². The number of esters is 2. The summed E-state index contributed by atoms with van der Waals surface area (Å²) < 4.78 is 95.0. The van der Waals surface area contributed by atoms with Gasteiger partial charge in [0.25, 0.3) is 0 Å². The van der Waals surface area contributed by atoms with E-state index in [-0.39, 0.29) is 5.75 Å². The molecule has 4 nitrogen and oxygen atoms in total. The number of hydrogen-bond donors (Lipinski definition) is 0. The topological polar surface area (TPSA) is 52.6 Å². The smallest absolute Gasteiger partial charge is 0.460 e. The molecule has 0 unspecified atom stereocenters. The lowest BCUT2D eigenvalue weighted by molar-refractivity contribution is -0.347. The van der Waals surface area contributed by atoms with E-state index in [4.69, 9.17) is 0 Å². The average molecular weight is 348 g/mol. The predicted octanol–water partition coefficient (Wildman–Crippen LogP) is 3.21. The molecule has 0 radical (unpaired) electrons. The molecule has 0 aliphatic heterocycles. The largest absolute Gasteiger partial charge is 0.497 e. The van der Waals surface area contributed by atoms with Crippen molar-refractivity contribution in [3.8, 4) is 5.75 Å². The minimum Gasteiger partial charge on any atom is -0.497 e. The summed E-state index contributed by atoms with van der Waals surface area (Å²) in [5.41, 5.74) is -0.566. The lowest BCUT2D eigenvalue weighted by Gasteiger charge is -2.25. The van der Waals surface area contributed by atoms with E-state index < -0.39 is 35.5 Å². The number of halogens is 7. The fraction of sp³-hybridized carbons (Fsp3) is 0.333. The molecular formula is C12H7F7O4. The summed E-state index contributed by atoms with van der Waals surface area (Å²) in [7, 11) is 1.17. The van der Waals surface area contributed by atoms with Gasteiger partial charge in [-0.1, -0.05) is 6.07 Å². The van der Waals surface area contributed by atoms with Crippen LogP contribution in [0.1, 0.15) is 10.4 Å². The van der Waals surface area contributed by atoms with Crippen LogP contribution in [0.3, 0.4) is 0 Å². The maximum Gasteiger partial charge on any atom is 0.460 e. The quantitative estimate of drug-likeness (QED) is 0.476. The maximum absolute atomic E-state index is 13.0. The van der Waals surface area contributed by atoms with Gasteiger partial charge in [0.2, 0.25) is 0 Å². The SMILES string of the molecule is COc1cccc(C(=O)OC(=O)C(F)(F)C(F)(F)C(F)(F)F)c1. The Morgan fingerprint density at radius 3 is 2.04 bits per heavy atom. The molecule has 0 aliphatic carbocycles. The Kier molecular flexibility index (Phi) is 4.92. The molecule has 11 heteroatoms. The highest BCUT2D eigenvalue weighted by atomic mass is 19.4. The van der Waals surface area contributed by atoms with Crippen molar-refractivity contribution in [2.75, 3.05) is 7.11 Å². The van der Waals surface area contributed by atoms with Crippen LogP contribution in [0, 0.1) is 0 Å². The zero-order chi connectivity index (χ0) is 18.1. The first-order valence-corrected chi connectivity index (χ1v) is 5.57. The standard InChI is InChI=1S/C12H7F7O4/c1-22-7-4-2-3-6(5-7)8(20)23-9(21)10(13,14)11(15,16)12(17,18)19/h2-5H,1H3. The Morgan fingerprint density at radius 2 is 1.57 bits per heavy atom. The van der Waals surface area contributed by atoms with Crippen molar-refractivity contribution in [3.63, 3.8) is 0 Å². The van der Waals surface area contributed by atoms with Gasteiger partial charge in [-0.2, -0.15) is 30.7 Å². The van der Waals surface area contributed by atoms with E-state index in [2.05, 4.69) is 9.47 Å². The van der Waals surface area contributed by atoms with Crippen molar-refractivity contribution in [3.05, 3.63) is 29.8 Å². The van der Waals surface area contributed by atoms with Crippen LogP contribution in [-0.2, 0) is 9.53 Å². The summed E-state index contributed by atoms with van der Waals surface area (Å²) in [5.74, 6) is -18.1. The van der Waals surface area contributed by atoms with Crippen molar-refractivity contribution in [2.24, 2.45) is 0 Å². The van der Waals surface area contributed by atoms with Crippen molar-refractivity contribution in [1.82, 2.24) is 0 Å². The number of methoxy groups -OCH3 is 1. The minimum absolute atomic E-state index is 0.0271. The van der Waals surface area contributed by atoms with Gasteiger partial charge in [-0.05, 0) is 18.2 Å². The van der Waals surface area contributed by atoms with E-state index in [1.54, 1.807) is 0 Å². The fourth-order valence-electron chi connectivity index (χ4n) is 1.26. The molecule has 0 saturated carbocycles. The number of carbonyl (C=O) groups excluding carboxylic acids is 2. The minimum atomic E-state index is -6.71. The lowest BCUT2D eigenvalue weighted by Crippen LogP contribution is -2.57. The van der Waals surface area contributed by atoms with Gasteiger partial charge in [0, 0.05) is 0 Å². The van der Waals surface area contributed by atoms with Crippen LogP contribution in [0.4, 0.5) is 30.7 Å². The molecule has 0 heterocycles. The summed E-state index contributed by atoms with van der Waals surface area (Å²) >= 11 is 0. The van der Waals surface area contributed by atoms with Gasteiger partial charge in [0.1, 0.15) is 5.75 Å². The Labute approximate surface area is 123 Å². The van der Waals surface area contributed by atoms with Gasteiger partial charge in [-0.3, -0.25) is 0 Å². The van der Waals surface area contributed by atoms with E-state index in [9.17, 15) is 40.3 Å². The first-order valence-electron chi connectivity index (χ1n) is 5.57. The first-order chi connectivity index (χ1) is 10.3. The molecule has 1 aromatic rings. The van der Waals surface area contributed by atoms with Gasteiger partial charge in [0.15, 0.2) is 0 Å². The molecule has 23 heavy (non-hydrogen) atoms. The number of hydrogen-bond acceptors (Lipinski definition) is 4. The Balaban J connectivity index is 3.00. The molecule has 0 aliphatic rings. The number of alkyl halides is 7. The van der Waals surface area contributed by atoms with Crippen LogP contribution in [0.2, 0.25) is 0 Å². The lowest BCUT2D eigenvalue weighted by atomic mass is 10.1. The third-order valence-electron chi connectivity index (χ3n) is 2.50. The molecule has 0 fully saturated rings. The normalized spacial score (nSPS) is 12.7. The highest BCUT2D eigenvalue weighted by molar-refractivity contribution is 5.99. The molecule has 0 bridgehead atoms. The number of benzene rings is 1. The van der Waals surface area contributed by atoms with E-state index in [0.29, 0.717) is 0 Å². The Hall–Kier alpha value is -2.33. The molecule has 0 amide bonds. The average Bonchev–Trinajstić information content (AvgIpc) is 2.45. The van der Waals surface area contributed by atoms with Crippen LogP contribution in [0.5, 0.6) is 5.75 Å². The molecule has 0 saturated heterocycles. The van der Waals surface area contributed by atoms with Crippen molar-refractivity contribution < 1.29 is 49.8 Å². The second-order valence-electron chi connectivity index (χ2n) is 4.06.